The molecule has 6 rings (SSSR count). The third-order valence-electron chi connectivity index (χ3n) is 4.99. The predicted molar refractivity (Wildman–Crippen MR) is 116 cm³/mol. The van der Waals surface area contributed by atoms with E-state index in [2.05, 4.69) is 59.6 Å². The van der Waals surface area contributed by atoms with E-state index < -0.39 is 5.97 Å². The molecule has 0 saturated carbocycles. The molecular formula is C25H15IrN2O2-. The number of carboxylic acid groups (broad SMARTS) is 1. The Morgan fingerprint density at radius 1 is 0.933 bits per heavy atom. The van der Waals surface area contributed by atoms with Crippen LogP contribution in [0.2, 0.25) is 0 Å². The maximum atomic E-state index is 10.1. The molecular weight excluding hydrogens is 553 g/mol. The van der Waals surface area contributed by atoms with Crippen LogP contribution in [0.1, 0.15) is 21.6 Å². The second-order valence-electron chi connectivity index (χ2n) is 6.72. The zero-order valence-corrected chi connectivity index (χ0v) is 18.1. The van der Waals surface area contributed by atoms with Gasteiger partial charge in [-0.2, -0.15) is 0 Å². The maximum Gasteiger partial charge on any atom is 0.354 e. The number of benzene rings is 3. The number of hydrogen-bond donors (Lipinski definition) is 1. The van der Waals surface area contributed by atoms with E-state index in [0.29, 0.717) is 0 Å². The minimum absolute atomic E-state index is 0. The Morgan fingerprint density at radius 3 is 2.60 bits per heavy atom. The van der Waals surface area contributed by atoms with Gasteiger partial charge in [-0.3, -0.25) is 4.98 Å². The summed E-state index contributed by atoms with van der Waals surface area (Å²) in [6.45, 7) is 0. The van der Waals surface area contributed by atoms with Gasteiger partial charge in [0.25, 0.3) is 0 Å². The largest absolute Gasteiger partial charge is 0.477 e. The van der Waals surface area contributed by atoms with E-state index in [9.17, 15) is 4.79 Å². The van der Waals surface area contributed by atoms with E-state index in [4.69, 9.17) is 10.1 Å². The molecule has 0 fully saturated rings. The van der Waals surface area contributed by atoms with Crippen LogP contribution in [-0.2, 0) is 20.1 Å². The summed E-state index contributed by atoms with van der Waals surface area (Å²) in [6, 6.07) is 24.8. The van der Waals surface area contributed by atoms with Crippen LogP contribution in [0.15, 0.2) is 72.9 Å². The minimum atomic E-state index is -0.990. The summed E-state index contributed by atoms with van der Waals surface area (Å²) in [6.07, 6.45) is 5.83. The van der Waals surface area contributed by atoms with Crippen LogP contribution in [0, 0.1) is 6.07 Å². The van der Waals surface area contributed by atoms with Gasteiger partial charge in [0.05, 0.1) is 5.52 Å². The van der Waals surface area contributed by atoms with Gasteiger partial charge in [0.2, 0.25) is 0 Å². The molecule has 1 radical (unpaired) electrons. The van der Waals surface area contributed by atoms with E-state index in [1.54, 1.807) is 12.1 Å². The summed E-state index contributed by atoms with van der Waals surface area (Å²) < 4.78 is 0. The summed E-state index contributed by atoms with van der Waals surface area (Å²) in [7, 11) is 0. The molecule has 0 amide bonds. The molecule has 0 unspecified atom stereocenters. The molecule has 2 heterocycles. The number of nitrogens with zero attached hydrogens (tertiary/aromatic N) is 2. The Bertz CT molecular complexity index is 1430. The molecule has 30 heavy (non-hydrogen) atoms. The third-order valence-corrected chi connectivity index (χ3v) is 4.99. The van der Waals surface area contributed by atoms with Crippen molar-refractivity contribution >= 4 is 50.7 Å². The monoisotopic (exact) mass is 568 g/mol. The van der Waals surface area contributed by atoms with Gasteiger partial charge in [0.1, 0.15) is 5.69 Å². The number of carboxylic acids is 1. The van der Waals surface area contributed by atoms with Crippen molar-refractivity contribution in [1.82, 2.24) is 9.97 Å². The van der Waals surface area contributed by atoms with Crippen molar-refractivity contribution in [3.63, 3.8) is 0 Å². The van der Waals surface area contributed by atoms with Gasteiger partial charge in [-0.05, 0) is 40.2 Å². The molecule has 4 nitrogen and oxygen atoms in total. The number of aromatic carboxylic acids is 1. The van der Waals surface area contributed by atoms with Gasteiger partial charge in [0.15, 0.2) is 0 Å². The number of hydrogen-bond acceptors (Lipinski definition) is 3. The quantitative estimate of drug-likeness (QED) is 0.160. The molecule has 0 spiro atoms. The normalized spacial score (nSPS) is 11.2. The van der Waals surface area contributed by atoms with Gasteiger partial charge < -0.3 is 5.11 Å². The van der Waals surface area contributed by atoms with E-state index in [1.807, 2.05) is 12.1 Å². The standard InChI is InChI=1S/C19H10N.C6H5NO2.Ir/c1-2-6-14-12(4-1)8-11-16-15-10-9-13-5-3-7-17(18(13)15)20-19(14)16;8-6(9)5-3-1-2-4-7-5;/h1-5,7-11H;1-4H,(H,8,9);/q-1;;. The molecule has 5 heteroatoms. The summed E-state index contributed by atoms with van der Waals surface area (Å²) >= 11 is 0. The van der Waals surface area contributed by atoms with Crippen molar-refractivity contribution in [1.29, 1.82) is 0 Å². The van der Waals surface area contributed by atoms with Gasteiger partial charge in [-0.1, -0.05) is 42.5 Å². The molecule has 0 bridgehead atoms. The average Bonchev–Trinajstić information content (AvgIpc) is 3.21. The molecule has 147 valence electrons. The minimum Gasteiger partial charge on any atom is -0.477 e. The zero-order chi connectivity index (χ0) is 19.8. The Morgan fingerprint density at radius 2 is 1.83 bits per heavy atom. The number of pyridine rings is 2. The average molecular weight is 568 g/mol. The Balaban J connectivity index is 0.000000187. The molecule has 3 aromatic carbocycles. The smallest absolute Gasteiger partial charge is 0.354 e. The second kappa shape index (κ2) is 8.15. The predicted octanol–water partition coefficient (Wildman–Crippen LogP) is 5.60. The SMILES string of the molecule is O=C(O)c1ccccn1.[Ir].[c-]1cccc2ccc3c4c5c(cccc5nc3c12)C=C4. The van der Waals surface area contributed by atoms with Crippen LogP contribution in [0.4, 0.5) is 0 Å². The molecule has 0 atom stereocenters. The van der Waals surface area contributed by atoms with E-state index in [0.717, 1.165) is 16.4 Å². The van der Waals surface area contributed by atoms with Crippen LogP contribution in [0.3, 0.4) is 0 Å². The van der Waals surface area contributed by atoms with Crippen LogP contribution in [0.5, 0.6) is 0 Å². The van der Waals surface area contributed by atoms with Crippen molar-refractivity contribution < 1.29 is 30.0 Å². The van der Waals surface area contributed by atoms with E-state index in [-0.39, 0.29) is 25.8 Å². The van der Waals surface area contributed by atoms with Crippen LogP contribution >= 0.6 is 0 Å². The molecule has 2 aromatic heterocycles. The summed E-state index contributed by atoms with van der Waals surface area (Å²) in [5.74, 6) is -0.990. The van der Waals surface area contributed by atoms with E-state index in [1.165, 1.54) is 39.5 Å². The first kappa shape index (κ1) is 19.9. The van der Waals surface area contributed by atoms with Gasteiger partial charge in [-0.15, -0.1) is 35.0 Å². The molecule has 0 saturated heterocycles. The fourth-order valence-corrected chi connectivity index (χ4v) is 3.69. The summed E-state index contributed by atoms with van der Waals surface area (Å²) in [5, 5.41) is 13.1. The first-order valence-electron chi connectivity index (χ1n) is 9.20. The molecule has 5 aromatic rings. The van der Waals surface area contributed by atoms with Crippen LogP contribution < -0.4 is 0 Å². The van der Waals surface area contributed by atoms with Gasteiger partial charge >= 0.3 is 5.97 Å². The van der Waals surface area contributed by atoms with Crippen LogP contribution in [-0.4, -0.2) is 21.0 Å². The number of carbonyl (C=O) groups is 1. The number of rotatable bonds is 1. The van der Waals surface area contributed by atoms with Crippen molar-refractivity contribution in [3.05, 3.63) is 95.8 Å². The van der Waals surface area contributed by atoms with Gasteiger partial charge in [0, 0.05) is 31.7 Å². The number of fused-ring (bicyclic) bond motifs is 4. The van der Waals surface area contributed by atoms with Crippen LogP contribution in [0.25, 0.3) is 44.7 Å². The number of aromatic nitrogens is 2. The molecule has 1 N–H and O–H groups in total. The maximum absolute atomic E-state index is 10.1. The van der Waals surface area contributed by atoms with Crippen molar-refractivity contribution in [3.8, 4) is 0 Å². The first-order chi connectivity index (χ1) is 14.2. The first-order valence-corrected chi connectivity index (χ1v) is 9.20. The zero-order valence-electron chi connectivity index (χ0n) is 15.7. The molecule has 1 aliphatic rings. The topological polar surface area (TPSA) is 63.1 Å². The fraction of sp³-hybridized carbons (Fsp3) is 0. The Hall–Kier alpha value is -3.40. The third kappa shape index (κ3) is 3.39. The Kier molecular flexibility index (Phi) is 5.40. The van der Waals surface area contributed by atoms with E-state index >= 15 is 0 Å². The molecule has 0 aliphatic heterocycles. The second-order valence-corrected chi connectivity index (χ2v) is 6.72. The van der Waals surface area contributed by atoms with Crippen molar-refractivity contribution in [2.45, 2.75) is 0 Å². The van der Waals surface area contributed by atoms with Crippen molar-refractivity contribution in [2.24, 2.45) is 0 Å². The molecule has 1 aliphatic carbocycles. The summed E-state index contributed by atoms with van der Waals surface area (Å²) in [4.78, 5) is 18.6. The summed E-state index contributed by atoms with van der Waals surface area (Å²) in [5.41, 5.74) is 4.76. The van der Waals surface area contributed by atoms with Crippen molar-refractivity contribution in [2.75, 3.05) is 0 Å². The fourth-order valence-electron chi connectivity index (χ4n) is 3.69. The Labute approximate surface area is 186 Å². The van der Waals surface area contributed by atoms with Gasteiger partial charge in [-0.25, -0.2) is 9.78 Å².